The van der Waals surface area contributed by atoms with E-state index < -0.39 is 0 Å². The van der Waals surface area contributed by atoms with Gasteiger partial charge in [0.1, 0.15) is 6.54 Å². The molecule has 23 heavy (non-hydrogen) atoms. The van der Waals surface area contributed by atoms with Crippen LogP contribution in [0.4, 0.5) is 0 Å². The molecule has 0 aliphatic rings. The van der Waals surface area contributed by atoms with Gasteiger partial charge in [-0.3, -0.25) is 9.13 Å². The number of aryl methyl sites for hydroxylation is 1. The molecule has 0 amide bonds. The number of rotatable bonds is 5. The summed E-state index contributed by atoms with van der Waals surface area (Å²) in [5.41, 5.74) is 1.87. The second kappa shape index (κ2) is 6.24. The number of nitrogens with zero attached hydrogens (tertiary/aromatic N) is 4. The predicted octanol–water partition coefficient (Wildman–Crippen LogP) is 2.58. The van der Waals surface area contributed by atoms with E-state index in [0.29, 0.717) is 17.6 Å². The molecule has 0 bridgehead atoms. The zero-order valence-corrected chi connectivity index (χ0v) is 13.6. The molecule has 2 heterocycles. The first-order chi connectivity index (χ1) is 11.0. The molecule has 0 unspecified atom stereocenters. The van der Waals surface area contributed by atoms with Crippen molar-refractivity contribution in [2.75, 3.05) is 0 Å². The molecule has 6 heteroatoms. The standard InChI is InChI=1S/C17H20N4O2/c1-12(2)10-15-18-16(23-19-15)11-20-8-9-21(17(20)22)14-6-4-13(3)5-7-14/h4-9,12H,10-11H2,1-3H3. The van der Waals surface area contributed by atoms with E-state index in [9.17, 15) is 4.79 Å². The molecule has 0 atom stereocenters. The van der Waals surface area contributed by atoms with Gasteiger partial charge in [-0.25, -0.2) is 4.79 Å². The molecule has 6 nitrogen and oxygen atoms in total. The fourth-order valence-corrected chi connectivity index (χ4v) is 2.38. The highest BCUT2D eigenvalue weighted by atomic mass is 16.5. The first kappa shape index (κ1) is 15.3. The molecule has 120 valence electrons. The van der Waals surface area contributed by atoms with Gasteiger partial charge in [-0.2, -0.15) is 4.98 Å². The van der Waals surface area contributed by atoms with Crippen LogP contribution in [0.2, 0.25) is 0 Å². The van der Waals surface area contributed by atoms with Gasteiger partial charge in [-0.05, 0) is 25.0 Å². The minimum absolute atomic E-state index is 0.127. The van der Waals surface area contributed by atoms with Gasteiger partial charge in [0.05, 0.1) is 5.69 Å². The van der Waals surface area contributed by atoms with Crippen LogP contribution in [-0.4, -0.2) is 19.3 Å². The summed E-state index contributed by atoms with van der Waals surface area (Å²) in [6.45, 7) is 6.50. The molecule has 0 spiro atoms. The lowest BCUT2D eigenvalue weighted by atomic mass is 10.1. The topological polar surface area (TPSA) is 65.8 Å². The van der Waals surface area contributed by atoms with Crippen LogP contribution in [0.1, 0.15) is 31.1 Å². The summed E-state index contributed by atoms with van der Waals surface area (Å²) >= 11 is 0. The van der Waals surface area contributed by atoms with Crippen molar-refractivity contribution < 1.29 is 4.52 Å². The quantitative estimate of drug-likeness (QED) is 0.726. The van der Waals surface area contributed by atoms with Crippen molar-refractivity contribution in [3.8, 4) is 5.69 Å². The number of aromatic nitrogens is 4. The minimum atomic E-state index is -0.127. The maximum Gasteiger partial charge on any atom is 0.333 e. The minimum Gasteiger partial charge on any atom is -0.337 e. The van der Waals surface area contributed by atoms with Crippen molar-refractivity contribution in [1.29, 1.82) is 0 Å². The molecule has 0 saturated carbocycles. The van der Waals surface area contributed by atoms with Crippen LogP contribution < -0.4 is 5.69 Å². The molecule has 0 radical (unpaired) electrons. The Bertz CT molecular complexity index is 840. The van der Waals surface area contributed by atoms with E-state index >= 15 is 0 Å². The summed E-state index contributed by atoms with van der Waals surface area (Å²) in [7, 11) is 0. The van der Waals surface area contributed by atoms with Gasteiger partial charge in [0.2, 0.25) is 5.89 Å². The van der Waals surface area contributed by atoms with Gasteiger partial charge >= 0.3 is 5.69 Å². The van der Waals surface area contributed by atoms with Crippen molar-refractivity contribution in [2.24, 2.45) is 5.92 Å². The Kier molecular flexibility index (Phi) is 4.14. The molecule has 0 aliphatic heterocycles. The SMILES string of the molecule is Cc1ccc(-n2ccn(Cc3nc(CC(C)C)no3)c2=O)cc1. The van der Waals surface area contributed by atoms with Gasteiger partial charge < -0.3 is 4.52 Å². The van der Waals surface area contributed by atoms with E-state index in [-0.39, 0.29) is 12.2 Å². The zero-order valence-electron chi connectivity index (χ0n) is 13.6. The molecule has 2 aromatic heterocycles. The van der Waals surface area contributed by atoms with Crippen LogP contribution >= 0.6 is 0 Å². The Labute approximate surface area is 134 Å². The first-order valence-corrected chi connectivity index (χ1v) is 7.69. The van der Waals surface area contributed by atoms with E-state index in [2.05, 4.69) is 24.0 Å². The summed E-state index contributed by atoms with van der Waals surface area (Å²) in [4.78, 5) is 16.8. The summed E-state index contributed by atoms with van der Waals surface area (Å²) in [5, 5.41) is 3.95. The first-order valence-electron chi connectivity index (χ1n) is 7.69. The number of imidazole rings is 1. The van der Waals surface area contributed by atoms with E-state index in [1.165, 1.54) is 0 Å². The van der Waals surface area contributed by atoms with Gasteiger partial charge in [0, 0.05) is 18.8 Å². The Morgan fingerprint density at radius 3 is 2.61 bits per heavy atom. The molecular formula is C17H20N4O2. The Morgan fingerprint density at radius 2 is 1.91 bits per heavy atom. The number of hydrogen-bond acceptors (Lipinski definition) is 4. The molecule has 0 aliphatic carbocycles. The zero-order chi connectivity index (χ0) is 16.4. The largest absolute Gasteiger partial charge is 0.337 e. The highest BCUT2D eigenvalue weighted by Crippen LogP contribution is 2.08. The van der Waals surface area contributed by atoms with Crippen molar-refractivity contribution in [2.45, 2.75) is 33.7 Å². The van der Waals surface area contributed by atoms with Crippen molar-refractivity contribution in [3.05, 3.63) is 64.4 Å². The van der Waals surface area contributed by atoms with E-state index in [1.54, 1.807) is 21.5 Å². The third-order valence-electron chi connectivity index (χ3n) is 3.57. The lowest BCUT2D eigenvalue weighted by Crippen LogP contribution is -2.23. The fourth-order valence-electron chi connectivity index (χ4n) is 2.38. The van der Waals surface area contributed by atoms with Crippen LogP contribution in [0.5, 0.6) is 0 Å². The Balaban J connectivity index is 1.81. The summed E-state index contributed by atoms with van der Waals surface area (Å²) < 4.78 is 8.39. The van der Waals surface area contributed by atoms with Crippen LogP contribution in [0.3, 0.4) is 0 Å². The van der Waals surface area contributed by atoms with Crippen molar-refractivity contribution in [1.82, 2.24) is 19.3 Å². The third-order valence-corrected chi connectivity index (χ3v) is 3.57. The Hall–Kier alpha value is -2.63. The molecule has 0 fully saturated rings. The van der Waals surface area contributed by atoms with E-state index in [4.69, 9.17) is 4.52 Å². The predicted molar refractivity (Wildman–Crippen MR) is 86.7 cm³/mol. The van der Waals surface area contributed by atoms with Crippen molar-refractivity contribution in [3.63, 3.8) is 0 Å². The van der Waals surface area contributed by atoms with Gasteiger partial charge in [0.25, 0.3) is 0 Å². The van der Waals surface area contributed by atoms with Crippen LogP contribution in [-0.2, 0) is 13.0 Å². The monoisotopic (exact) mass is 312 g/mol. The highest BCUT2D eigenvalue weighted by molar-refractivity contribution is 5.34. The highest BCUT2D eigenvalue weighted by Gasteiger charge is 2.11. The smallest absolute Gasteiger partial charge is 0.333 e. The van der Waals surface area contributed by atoms with Gasteiger partial charge in [0.15, 0.2) is 5.82 Å². The Morgan fingerprint density at radius 1 is 1.17 bits per heavy atom. The lowest BCUT2D eigenvalue weighted by molar-refractivity contribution is 0.363. The molecule has 0 N–H and O–H groups in total. The number of hydrogen-bond donors (Lipinski definition) is 0. The normalized spacial score (nSPS) is 11.3. The van der Waals surface area contributed by atoms with Crippen LogP contribution in [0.25, 0.3) is 5.69 Å². The molecular weight excluding hydrogens is 292 g/mol. The van der Waals surface area contributed by atoms with Gasteiger partial charge in [-0.15, -0.1) is 0 Å². The lowest BCUT2D eigenvalue weighted by Gasteiger charge is -2.01. The molecule has 1 aromatic carbocycles. The second-order valence-corrected chi connectivity index (χ2v) is 6.12. The summed E-state index contributed by atoms with van der Waals surface area (Å²) in [5.74, 6) is 1.59. The van der Waals surface area contributed by atoms with E-state index in [0.717, 1.165) is 17.7 Å². The molecule has 3 rings (SSSR count). The van der Waals surface area contributed by atoms with Crippen LogP contribution in [0, 0.1) is 12.8 Å². The van der Waals surface area contributed by atoms with Gasteiger partial charge in [-0.1, -0.05) is 36.7 Å². The molecule has 0 saturated heterocycles. The third kappa shape index (κ3) is 3.41. The maximum atomic E-state index is 12.5. The summed E-state index contributed by atoms with van der Waals surface area (Å²) in [6.07, 6.45) is 4.25. The van der Waals surface area contributed by atoms with Crippen molar-refractivity contribution >= 4 is 0 Å². The average molecular weight is 312 g/mol. The molecule has 3 aromatic rings. The summed E-state index contributed by atoms with van der Waals surface area (Å²) in [6, 6.07) is 7.81. The maximum absolute atomic E-state index is 12.5. The fraction of sp³-hybridized carbons (Fsp3) is 0.353. The average Bonchev–Trinajstić information content (AvgIpc) is 3.08. The second-order valence-electron chi connectivity index (χ2n) is 6.12. The van der Waals surface area contributed by atoms with E-state index in [1.807, 2.05) is 31.2 Å². The number of benzene rings is 1. The van der Waals surface area contributed by atoms with Crippen LogP contribution in [0.15, 0.2) is 46.0 Å².